The van der Waals surface area contributed by atoms with Crippen LogP contribution in [0.1, 0.15) is 11.1 Å². The van der Waals surface area contributed by atoms with Crippen LogP contribution in [0.15, 0.2) is 66.7 Å². The van der Waals surface area contributed by atoms with E-state index in [0.29, 0.717) is 6.42 Å². The first-order valence-electron chi connectivity index (χ1n) is 8.31. The van der Waals surface area contributed by atoms with Crippen molar-refractivity contribution in [3.8, 4) is 0 Å². The lowest BCUT2D eigenvalue weighted by atomic mass is 10.0. The molecule has 0 spiro atoms. The van der Waals surface area contributed by atoms with Crippen LogP contribution in [-0.4, -0.2) is 17.9 Å². The minimum absolute atomic E-state index is 0.106. The highest BCUT2D eigenvalue weighted by Crippen LogP contribution is 2.33. The van der Waals surface area contributed by atoms with Crippen molar-refractivity contribution in [2.75, 3.05) is 4.90 Å². The Morgan fingerprint density at radius 2 is 1.68 bits per heavy atom. The van der Waals surface area contributed by atoms with Crippen molar-refractivity contribution in [3.63, 3.8) is 0 Å². The van der Waals surface area contributed by atoms with Gasteiger partial charge in [0.2, 0.25) is 11.8 Å². The van der Waals surface area contributed by atoms with Gasteiger partial charge in [-0.2, -0.15) is 0 Å². The van der Waals surface area contributed by atoms with Crippen LogP contribution in [0.25, 0.3) is 10.8 Å². The number of nitrogens with two attached hydrogens (primary N) is 1. The SMILES string of the molecule is NC(=O)C1Cc2ccccc2N1C(=O)Cc1cccc2ccccc12. The molecule has 1 heterocycles. The average Bonchev–Trinajstić information content (AvgIpc) is 3.02. The zero-order valence-electron chi connectivity index (χ0n) is 13.7. The van der Waals surface area contributed by atoms with E-state index < -0.39 is 11.9 Å². The number of carbonyl (C=O) groups is 2. The summed E-state index contributed by atoms with van der Waals surface area (Å²) in [5.41, 5.74) is 8.28. The number of primary amides is 1. The van der Waals surface area contributed by atoms with E-state index in [1.807, 2.05) is 66.7 Å². The van der Waals surface area contributed by atoms with E-state index in [9.17, 15) is 9.59 Å². The Hall–Kier alpha value is -3.14. The molecule has 2 N–H and O–H groups in total. The third kappa shape index (κ3) is 2.66. The van der Waals surface area contributed by atoms with Gasteiger partial charge in [-0.15, -0.1) is 0 Å². The summed E-state index contributed by atoms with van der Waals surface area (Å²) < 4.78 is 0. The van der Waals surface area contributed by atoms with Crippen molar-refractivity contribution in [2.45, 2.75) is 18.9 Å². The van der Waals surface area contributed by atoms with E-state index in [0.717, 1.165) is 27.6 Å². The van der Waals surface area contributed by atoms with Crippen LogP contribution in [0.2, 0.25) is 0 Å². The number of carbonyl (C=O) groups excluding carboxylic acids is 2. The van der Waals surface area contributed by atoms with Crippen LogP contribution in [0, 0.1) is 0 Å². The molecule has 1 atom stereocenters. The molecule has 4 rings (SSSR count). The largest absolute Gasteiger partial charge is 0.368 e. The molecule has 1 aliphatic heterocycles. The number of amides is 2. The predicted molar refractivity (Wildman–Crippen MR) is 98.3 cm³/mol. The van der Waals surface area contributed by atoms with Gasteiger partial charge in [-0.3, -0.25) is 14.5 Å². The predicted octanol–water partition coefficient (Wildman–Crippen LogP) is 2.83. The Morgan fingerprint density at radius 3 is 2.52 bits per heavy atom. The maximum Gasteiger partial charge on any atom is 0.240 e. The van der Waals surface area contributed by atoms with Gasteiger partial charge in [0, 0.05) is 12.1 Å². The third-order valence-electron chi connectivity index (χ3n) is 4.79. The molecule has 4 heteroatoms. The van der Waals surface area contributed by atoms with Gasteiger partial charge in [0.15, 0.2) is 0 Å². The summed E-state index contributed by atoms with van der Waals surface area (Å²) in [5, 5.41) is 2.16. The van der Waals surface area contributed by atoms with Crippen LogP contribution in [0.3, 0.4) is 0 Å². The molecule has 0 saturated carbocycles. The second-order valence-electron chi connectivity index (χ2n) is 6.33. The highest BCUT2D eigenvalue weighted by Gasteiger charge is 2.36. The third-order valence-corrected chi connectivity index (χ3v) is 4.79. The van der Waals surface area contributed by atoms with Gasteiger partial charge in [-0.1, -0.05) is 60.7 Å². The summed E-state index contributed by atoms with van der Waals surface area (Å²) in [6.45, 7) is 0. The normalized spacial score (nSPS) is 16.0. The highest BCUT2D eigenvalue weighted by molar-refractivity contribution is 6.05. The number of fused-ring (bicyclic) bond motifs is 2. The molecular weight excluding hydrogens is 312 g/mol. The Kier molecular flexibility index (Phi) is 3.73. The Bertz CT molecular complexity index is 975. The summed E-state index contributed by atoms with van der Waals surface area (Å²) in [5.74, 6) is -0.576. The van der Waals surface area contributed by atoms with Crippen molar-refractivity contribution in [1.29, 1.82) is 0 Å². The fourth-order valence-corrected chi connectivity index (χ4v) is 3.62. The quantitative estimate of drug-likeness (QED) is 0.802. The lowest BCUT2D eigenvalue weighted by molar-refractivity contribution is -0.124. The summed E-state index contributed by atoms with van der Waals surface area (Å²) in [6.07, 6.45) is 0.715. The van der Waals surface area contributed by atoms with Gasteiger partial charge < -0.3 is 5.73 Å². The van der Waals surface area contributed by atoms with Gasteiger partial charge in [-0.25, -0.2) is 0 Å². The van der Waals surface area contributed by atoms with Crippen molar-refractivity contribution >= 4 is 28.3 Å². The standard InChI is InChI=1S/C21H18N2O2/c22-21(25)19-12-16-7-2-4-11-18(16)23(19)20(24)13-15-9-5-8-14-6-1-3-10-17(14)15/h1-11,19H,12-13H2,(H2,22,25). The molecule has 1 unspecified atom stereocenters. The fourth-order valence-electron chi connectivity index (χ4n) is 3.62. The first-order valence-corrected chi connectivity index (χ1v) is 8.31. The molecular formula is C21H18N2O2. The monoisotopic (exact) mass is 330 g/mol. The van der Waals surface area contributed by atoms with E-state index in [1.165, 1.54) is 0 Å². The molecule has 3 aromatic carbocycles. The lowest BCUT2D eigenvalue weighted by Crippen LogP contribution is -2.46. The maximum atomic E-state index is 13.1. The zero-order chi connectivity index (χ0) is 17.4. The second-order valence-corrected chi connectivity index (χ2v) is 6.33. The highest BCUT2D eigenvalue weighted by atomic mass is 16.2. The van der Waals surface area contributed by atoms with Gasteiger partial charge >= 0.3 is 0 Å². The molecule has 2 amide bonds. The smallest absolute Gasteiger partial charge is 0.240 e. The van der Waals surface area contributed by atoms with Crippen molar-refractivity contribution in [1.82, 2.24) is 0 Å². The van der Waals surface area contributed by atoms with Crippen LogP contribution < -0.4 is 10.6 Å². The molecule has 0 fully saturated rings. The van der Waals surface area contributed by atoms with E-state index in [4.69, 9.17) is 5.73 Å². The summed E-state index contributed by atoms with van der Waals surface area (Å²) in [6, 6.07) is 20.9. The molecule has 124 valence electrons. The molecule has 0 aromatic heterocycles. The molecule has 0 aliphatic carbocycles. The molecule has 0 saturated heterocycles. The van der Waals surface area contributed by atoms with E-state index in [1.54, 1.807) is 4.90 Å². The van der Waals surface area contributed by atoms with E-state index in [-0.39, 0.29) is 12.3 Å². The first-order chi connectivity index (χ1) is 12.1. The summed E-state index contributed by atoms with van der Waals surface area (Å²) in [7, 11) is 0. The van der Waals surface area contributed by atoms with Crippen molar-refractivity contribution in [3.05, 3.63) is 77.9 Å². The van der Waals surface area contributed by atoms with E-state index in [2.05, 4.69) is 0 Å². The van der Waals surface area contributed by atoms with Crippen LogP contribution in [0.5, 0.6) is 0 Å². The number of anilines is 1. The molecule has 0 radical (unpaired) electrons. The molecule has 3 aromatic rings. The molecule has 4 nitrogen and oxygen atoms in total. The summed E-state index contributed by atoms with van der Waals surface area (Å²) in [4.78, 5) is 26.5. The Balaban J connectivity index is 1.71. The summed E-state index contributed by atoms with van der Waals surface area (Å²) >= 11 is 0. The number of hydrogen-bond acceptors (Lipinski definition) is 2. The minimum atomic E-state index is -0.611. The van der Waals surface area contributed by atoms with Crippen LogP contribution in [-0.2, 0) is 22.4 Å². The number of hydrogen-bond donors (Lipinski definition) is 1. The topological polar surface area (TPSA) is 63.4 Å². The molecule has 0 bridgehead atoms. The van der Waals surface area contributed by atoms with Crippen LogP contribution >= 0.6 is 0 Å². The second kappa shape index (κ2) is 6.06. The minimum Gasteiger partial charge on any atom is -0.368 e. The van der Waals surface area contributed by atoms with Gasteiger partial charge in [0.25, 0.3) is 0 Å². The van der Waals surface area contributed by atoms with Gasteiger partial charge in [0.1, 0.15) is 6.04 Å². The Labute approximate surface area is 145 Å². The van der Waals surface area contributed by atoms with Gasteiger partial charge in [0.05, 0.1) is 6.42 Å². The average molecular weight is 330 g/mol. The van der Waals surface area contributed by atoms with Crippen molar-refractivity contribution < 1.29 is 9.59 Å². The van der Waals surface area contributed by atoms with Crippen molar-refractivity contribution in [2.24, 2.45) is 5.73 Å². The van der Waals surface area contributed by atoms with Crippen LogP contribution in [0.4, 0.5) is 5.69 Å². The fraction of sp³-hybridized carbons (Fsp3) is 0.143. The number of nitrogens with zero attached hydrogens (tertiary/aromatic N) is 1. The Morgan fingerprint density at radius 1 is 0.960 bits per heavy atom. The van der Waals surface area contributed by atoms with Gasteiger partial charge in [-0.05, 0) is 28.0 Å². The first kappa shape index (κ1) is 15.4. The number of benzene rings is 3. The molecule has 1 aliphatic rings. The zero-order valence-corrected chi connectivity index (χ0v) is 13.7. The van der Waals surface area contributed by atoms with E-state index >= 15 is 0 Å². The number of rotatable bonds is 3. The maximum absolute atomic E-state index is 13.1. The number of para-hydroxylation sites is 1. The molecule has 25 heavy (non-hydrogen) atoms. The lowest BCUT2D eigenvalue weighted by Gasteiger charge is -2.23.